The number of amidine groups is 1. The quantitative estimate of drug-likeness (QED) is 0.702. The van der Waals surface area contributed by atoms with Crippen molar-refractivity contribution in [1.29, 1.82) is 0 Å². The van der Waals surface area contributed by atoms with Crippen molar-refractivity contribution < 1.29 is 22.7 Å². The molecule has 1 amide bonds. The first-order valence-electron chi connectivity index (χ1n) is 9.63. The lowest BCUT2D eigenvalue weighted by Crippen LogP contribution is -2.34. The number of rotatable bonds is 5. The molecule has 2 N–H and O–H groups in total. The number of esters is 1. The SMILES string of the molecule is O=C(COC(=O)CN=C1NS(=O)(=O)c2ccccc21)NC1CCCc2ccccc21. The van der Waals surface area contributed by atoms with Crippen LogP contribution in [-0.2, 0) is 30.8 Å². The Kier molecular flexibility index (Phi) is 5.54. The Labute approximate surface area is 174 Å². The predicted octanol–water partition coefficient (Wildman–Crippen LogP) is 1.46. The molecule has 2 aromatic carbocycles. The molecule has 1 aliphatic heterocycles. The lowest BCUT2D eigenvalue weighted by Gasteiger charge is -2.26. The second-order valence-electron chi connectivity index (χ2n) is 7.14. The Hall–Kier alpha value is -3.20. The van der Waals surface area contributed by atoms with Crippen molar-refractivity contribution in [2.75, 3.05) is 13.2 Å². The molecule has 2 aromatic rings. The van der Waals surface area contributed by atoms with Crippen LogP contribution in [0.5, 0.6) is 0 Å². The zero-order valence-corrected chi connectivity index (χ0v) is 16.9. The first-order chi connectivity index (χ1) is 14.4. The molecule has 0 aromatic heterocycles. The third-order valence-corrected chi connectivity index (χ3v) is 6.50. The molecule has 0 fully saturated rings. The van der Waals surface area contributed by atoms with Crippen molar-refractivity contribution in [1.82, 2.24) is 10.0 Å². The van der Waals surface area contributed by atoms with E-state index in [1.54, 1.807) is 18.2 Å². The van der Waals surface area contributed by atoms with Crippen molar-refractivity contribution in [2.45, 2.75) is 30.2 Å². The number of sulfonamides is 1. The largest absolute Gasteiger partial charge is 0.454 e. The number of amides is 1. The summed E-state index contributed by atoms with van der Waals surface area (Å²) in [7, 11) is -3.67. The molecule has 0 bridgehead atoms. The number of carbonyl (C=O) groups excluding carboxylic acids is 2. The highest BCUT2D eigenvalue weighted by Crippen LogP contribution is 2.29. The van der Waals surface area contributed by atoms with Gasteiger partial charge in [-0.3, -0.25) is 19.3 Å². The van der Waals surface area contributed by atoms with Gasteiger partial charge in [-0.25, -0.2) is 8.42 Å². The number of hydrogen-bond acceptors (Lipinski definition) is 6. The third kappa shape index (κ3) is 4.20. The number of fused-ring (bicyclic) bond motifs is 2. The normalized spacial score (nSPS) is 20.0. The number of ether oxygens (including phenoxy) is 1. The van der Waals surface area contributed by atoms with Gasteiger partial charge in [-0.2, -0.15) is 0 Å². The van der Waals surface area contributed by atoms with E-state index in [0.29, 0.717) is 5.56 Å². The minimum absolute atomic E-state index is 0.0887. The van der Waals surface area contributed by atoms with Gasteiger partial charge in [0, 0.05) is 5.56 Å². The summed E-state index contributed by atoms with van der Waals surface area (Å²) >= 11 is 0. The average molecular weight is 427 g/mol. The molecule has 0 radical (unpaired) electrons. The van der Waals surface area contributed by atoms with Gasteiger partial charge in [-0.15, -0.1) is 0 Å². The molecule has 156 valence electrons. The number of aliphatic imine (C=N–C) groups is 1. The predicted molar refractivity (Wildman–Crippen MR) is 109 cm³/mol. The molecule has 1 heterocycles. The number of nitrogens with zero attached hydrogens (tertiary/aromatic N) is 1. The molecule has 9 heteroatoms. The maximum absolute atomic E-state index is 12.2. The van der Waals surface area contributed by atoms with Crippen LogP contribution in [0.2, 0.25) is 0 Å². The molecule has 1 atom stereocenters. The zero-order chi connectivity index (χ0) is 21.1. The first-order valence-corrected chi connectivity index (χ1v) is 11.1. The first kappa shape index (κ1) is 20.1. The summed E-state index contributed by atoms with van der Waals surface area (Å²) < 4.78 is 31.4. The number of aryl methyl sites for hydroxylation is 1. The molecule has 1 aliphatic carbocycles. The summed E-state index contributed by atoms with van der Waals surface area (Å²) in [5.74, 6) is -1.01. The van der Waals surface area contributed by atoms with E-state index in [1.165, 1.54) is 11.6 Å². The average Bonchev–Trinajstić information content (AvgIpc) is 3.01. The van der Waals surface area contributed by atoms with Crippen molar-refractivity contribution in [2.24, 2.45) is 4.99 Å². The Morgan fingerprint density at radius 2 is 1.90 bits per heavy atom. The Morgan fingerprint density at radius 1 is 1.13 bits per heavy atom. The van der Waals surface area contributed by atoms with E-state index >= 15 is 0 Å². The second-order valence-corrected chi connectivity index (χ2v) is 8.79. The van der Waals surface area contributed by atoms with E-state index in [1.807, 2.05) is 18.2 Å². The van der Waals surface area contributed by atoms with Gasteiger partial charge in [0.25, 0.3) is 15.9 Å². The molecule has 0 saturated heterocycles. The Bertz CT molecular complexity index is 1130. The van der Waals surface area contributed by atoms with Crippen LogP contribution in [0, 0.1) is 0 Å². The highest BCUT2D eigenvalue weighted by molar-refractivity contribution is 7.90. The number of nitrogens with one attached hydrogen (secondary N) is 2. The van der Waals surface area contributed by atoms with Crippen LogP contribution in [0.1, 0.15) is 35.6 Å². The summed E-state index contributed by atoms with van der Waals surface area (Å²) in [4.78, 5) is 28.3. The fourth-order valence-electron chi connectivity index (χ4n) is 3.73. The van der Waals surface area contributed by atoms with Crippen molar-refractivity contribution in [3.63, 3.8) is 0 Å². The van der Waals surface area contributed by atoms with Crippen LogP contribution >= 0.6 is 0 Å². The topological polar surface area (TPSA) is 114 Å². The summed E-state index contributed by atoms with van der Waals surface area (Å²) in [5.41, 5.74) is 2.72. The molecule has 4 rings (SSSR count). The van der Waals surface area contributed by atoms with Crippen LogP contribution < -0.4 is 10.0 Å². The van der Waals surface area contributed by atoms with Gasteiger partial charge in [0.15, 0.2) is 6.61 Å². The molecule has 0 spiro atoms. The Balaban J connectivity index is 1.31. The van der Waals surface area contributed by atoms with Crippen LogP contribution in [0.3, 0.4) is 0 Å². The van der Waals surface area contributed by atoms with Gasteiger partial charge in [0.2, 0.25) is 0 Å². The number of benzene rings is 2. The molecular weight excluding hydrogens is 406 g/mol. The molecule has 30 heavy (non-hydrogen) atoms. The van der Waals surface area contributed by atoms with E-state index in [9.17, 15) is 18.0 Å². The molecule has 0 saturated carbocycles. The van der Waals surface area contributed by atoms with Gasteiger partial charge in [-0.05, 0) is 42.5 Å². The fraction of sp³-hybridized carbons (Fsp3) is 0.286. The number of hydrogen-bond donors (Lipinski definition) is 2. The third-order valence-electron chi connectivity index (χ3n) is 5.10. The van der Waals surface area contributed by atoms with Crippen LogP contribution in [0.15, 0.2) is 58.4 Å². The van der Waals surface area contributed by atoms with E-state index in [-0.39, 0.29) is 22.7 Å². The van der Waals surface area contributed by atoms with Gasteiger partial charge in [0.1, 0.15) is 12.4 Å². The fourth-order valence-corrected chi connectivity index (χ4v) is 4.98. The van der Waals surface area contributed by atoms with Crippen LogP contribution in [0.25, 0.3) is 0 Å². The summed E-state index contributed by atoms with van der Waals surface area (Å²) in [6.07, 6.45) is 2.81. The Morgan fingerprint density at radius 3 is 2.77 bits per heavy atom. The summed E-state index contributed by atoms with van der Waals surface area (Å²) in [6, 6.07) is 14.3. The second kappa shape index (κ2) is 8.27. The highest BCUT2D eigenvalue weighted by atomic mass is 32.2. The van der Waals surface area contributed by atoms with E-state index in [4.69, 9.17) is 4.74 Å². The zero-order valence-electron chi connectivity index (χ0n) is 16.1. The maximum atomic E-state index is 12.2. The van der Waals surface area contributed by atoms with Crippen molar-refractivity contribution >= 4 is 27.7 Å². The van der Waals surface area contributed by atoms with Gasteiger partial charge in [-0.1, -0.05) is 36.4 Å². The lowest BCUT2D eigenvalue weighted by atomic mass is 9.88. The van der Waals surface area contributed by atoms with Crippen LogP contribution in [0.4, 0.5) is 0 Å². The van der Waals surface area contributed by atoms with E-state index < -0.39 is 29.1 Å². The van der Waals surface area contributed by atoms with Gasteiger partial charge in [0.05, 0.1) is 10.9 Å². The van der Waals surface area contributed by atoms with Crippen LogP contribution in [-0.4, -0.2) is 39.3 Å². The van der Waals surface area contributed by atoms with Gasteiger partial charge < -0.3 is 10.1 Å². The van der Waals surface area contributed by atoms with E-state index in [2.05, 4.69) is 21.1 Å². The molecule has 1 unspecified atom stereocenters. The number of carbonyl (C=O) groups is 2. The maximum Gasteiger partial charge on any atom is 0.328 e. The molecule has 8 nitrogen and oxygen atoms in total. The van der Waals surface area contributed by atoms with Crippen molar-refractivity contribution in [3.05, 3.63) is 65.2 Å². The molecule has 2 aliphatic rings. The highest BCUT2D eigenvalue weighted by Gasteiger charge is 2.30. The van der Waals surface area contributed by atoms with E-state index in [0.717, 1.165) is 24.8 Å². The standard InChI is InChI=1S/C21H21N3O5S/c25-19(23-17-10-5-7-14-6-1-2-8-15(14)17)13-29-20(26)12-22-21-16-9-3-4-11-18(16)30(27,28)24-21/h1-4,6,8-9,11,17H,5,7,10,12-13H2,(H,22,24)(H,23,25). The minimum atomic E-state index is -3.67. The molecular formula is C21H21N3O5S. The summed E-state index contributed by atoms with van der Waals surface area (Å²) in [6.45, 7) is -0.809. The minimum Gasteiger partial charge on any atom is -0.454 e. The van der Waals surface area contributed by atoms with Crippen molar-refractivity contribution in [3.8, 4) is 0 Å². The monoisotopic (exact) mass is 427 g/mol. The summed E-state index contributed by atoms with van der Waals surface area (Å²) in [5, 5.41) is 2.91. The smallest absolute Gasteiger partial charge is 0.328 e. The lowest BCUT2D eigenvalue weighted by molar-refractivity contribution is -0.147. The van der Waals surface area contributed by atoms with Gasteiger partial charge >= 0.3 is 5.97 Å².